The van der Waals surface area contributed by atoms with E-state index in [1.807, 2.05) is 45.0 Å². The second-order valence-electron chi connectivity index (χ2n) is 4.46. The standard InChI is InChI=1S/C13H19N3O/c1-9(2)7-13(17)16-15-10(3)11-5-4-6-12(14)8-11/h4-6,8-9H,7,14H2,1-3H3,(H,16,17)/b15-10-. The van der Waals surface area contributed by atoms with Crippen LogP contribution in [-0.4, -0.2) is 11.6 Å². The van der Waals surface area contributed by atoms with E-state index in [0.717, 1.165) is 11.3 Å². The van der Waals surface area contributed by atoms with E-state index in [1.165, 1.54) is 0 Å². The summed E-state index contributed by atoms with van der Waals surface area (Å²) in [5.41, 5.74) is 10.6. The van der Waals surface area contributed by atoms with Gasteiger partial charge in [-0.1, -0.05) is 26.0 Å². The van der Waals surface area contributed by atoms with Crippen LogP contribution in [0.4, 0.5) is 5.69 Å². The molecular formula is C13H19N3O. The highest BCUT2D eigenvalue weighted by Gasteiger charge is 2.04. The minimum absolute atomic E-state index is 0.0664. The van der Waals surface area contributed by atoms with Gasteiger partial charge in [-0.05, 0) is 30.5 Å². The number of amides is 1. The van der Waals surface area contributed by atoms with Gasteiger partial charge < -0.3 is 5.73 Å². The van der Waals surface area contributed by atoms with E-state index < -0.39 is 0 Å². The molecule has 0 bridgehead atoms. The Kier molecular flexibility index (Phi) is 4.69. The Bertz CT molecular complexity index is 424. The highest BCUT2D eigenvalue weighted by molar-refractivity contribution is 5.99. The molecular weight excluding hydrogens is 214 g/mol. The average Bonchev–Trinajstić information content (AvgIpc) is 2.25. The molecule has 4 heteroatoms. The average molecular weight is 233 g/mol. The van der Waals surface area contributed by atoms with Crippen molar-refractivity contribution in [3.8, 4) is 0 Å². The Morgan fingerprint density at radius 3 is 2.76 bits per heavy atom. The molecule has 0 aromatic heterocycles. The van der Waals surface area contributed by atoms with Gasteiger partial charge in [-0.3, -0.25) is 4.79 Å². The largest absolute Gasteiger partial charge is 0.399 e. The van der Waals surface area contributed by atoms with Crippen LogP contribution in [0.2, 0.25) is 0 Å². The van der Waals surface area contributed by atoms with Crippen LogP contribution in [0.25, 0.3) is 0 Å². The van der Waals surface area contributed by atoms with Crippen molar-refractivity contribution in [2.24, 2.45) is 11.0 Å². The second kappa shape index (κ2) is 6.03. The van der Waals surface area contributed by atoms with Crippen molar-refractivity contribution in [1.29, 1.82) is 0 Å². The molecule has 0 saturated heterocycles. The molecule has 3 N–H and O–H groups in total. The molecule has 17 heavy (non-hydrogen) atoms. The molecule has 0 aliphatic heterocycles. The summed E-state index contributed by atoms with van der Waals surface area (Å²) in [4.78, 5) is 11.4. The van der Waals surface area contributed by atoms with Gasteiger partial charge in [0.1, 0.15) is 0 Å². The third kappa shape index (κ3) is 4.68. The van der Waals surface area contributed by atoms with E-state index in [-0.39, 0.29) is 5.91 Å². The molecule has 0 unspecified atom stereocenters. The van der Waals surface area contributed by atoms with Crippen LogP contribution in [-0.2, 0) is 4.79 Å². The summed E-state index contributed by atoms with van der Waals surface area (Å²) in [7, 11) is 0. The number of nitrogens with zero attached hydrogens (tertiary/aromatic N) is 1. The summed E-state index contributed by atoms with van der Waals surface area (Å²) in [6.07, 6.45) is 0.480. The molecule has 0 fully saturated rings. The minimum atomic E-state index is -0.0664. The van der Waals surface area contributed by atoms with Crippen LogP contribution < -0.4 is 11.2 Å². The van der Waals surface area contributed by atoms with Gasteiger partial charge in [0.05, 0.1) is 5.71 Å². The molecule has 1 amide bonds. The van der Waals surface area contributed by atoms with Gasteiger partial charge in [-0.15, -0.1) is 0 Å². The van der Waals surface area contributed by atoms with Gasteiger partial charge in [-0.25, -0.2) is 5.43 Å². The first-order chi connectivity index (χ1) is 7.99. The quantitative estimate of drug-likeness (QED) is 0.475. The summed E-state index contributed by atoms with van der Waals surface area (Å²) >= 11 is 0. The number of nitrogens with two attached hydrogens (primary N) is 1. The zero-order valence-electron chi connectivity index (χ0n) is 10.5. The first kappa shape index (κ1) is 13.2. The second-order valence-corrected chi connectivity index (χ2v) is 4.46. The molecule has 1 aromatic rings. The van der Waals surface area contributed by atoms with Gasteiger partial charge in [0, 0.05) is 12.1 Å². The van der Waals surface area contributed by atoms with Crippen molar-refractivity contribution in [1.82, 2.24) is 5.43 Å². The Morgan fingerprint density at radius 1 is 1.47 bits per heavy atom. The predicted molar refractivity (Wildman–Crippen MR) is 70.7 cm³/mol. The summed E-state index contributed by atoms with van der Waals surface area (Å²) in [5.74, 6) is 0.265. The maximum atomic E-state index is 11.4. The highest BCUT2D eigenvalue weighted by atomic mass is 16.2. The molecule has 0 saturated carbocycles. The predicted octanol–water partition coefficient (Wildman–Crippen LogP) is 2.16. The molecule has 0 atom stereocenters. The maximum Gasteiger partial charge on any atom is 0.240 e. The number of carbonyl (C=O) groups excluding carboxylic acids is 1. The number of nitrogens with one attached hydrogen (secondary N) is 1. The van der Waals surface area contributed by atoms with E-state index >= 15 is 0 Å². The highest BCUT2D eigenvalue weighted by Crippen LogP contribution is 2.07. The molecule has 1 aromatic carbocycles. The topological polar surface area (TPSA) is 67.5 Å². The smallest absolute Gasteiger partial charge is 0.240 e. The summed E-state index contributed by atoms with van der Waals surface area (Å²) in [6.45, 7) is 5.83. The van der Waals surface area contributed by atoms with Gasteiger partial charge in [0.2, 0.25) is 5.91 Å². The lowest BCUT2D eigenvalue weighted by atomic mass is 10.1. The first-order valence-electron chi connectivity index (χ1n) is 5.68. The van der Waals surface area contributed by atoms with Crippen molar-refractivity contribution in [3.05, 3.63) is 29.8 Å². The molecule has 92 valence electrons. The van der Waals surface area contributed by atoms with Crippen molar-refractivity contribution in [2.45, 2.75) is 27.2 Å². The van der Waals surface area contributed by atoms with Crippen LogP contribution in [0.1, 0.15) is 32.8 Å². The van der Waals surface area contributed by atoms with Gasteiger partial charge >= 0.3 is 0 Å². The lowest BCUT2D eigenvalue weighted by Crippen LogP contribution is -2.20. The molecule has 4 nitrogen and oxygen atoms in total. The van der Waals surface area contributed by atoms with Crippen molar-refractivity contribution in [2.75, 3.05) is 5.73 Å². The van der Waals surface area contributed by atoms with Crippen molar-refractivity contribution < 1.29 is 4.79 Å². The molecule has 0 radical (unpaired) electrons. The molecule has 0 heterocycles. The number of hydrogen-bond donors (Lipinski definition) is 2. The molecule has 1 rings (SSSR count). The SMILES string of the molecule is C/C(=N/NC(=O)CC(C)C)c1cccc(N)c1. The zero-order chi connectivity index (χ0) is 12.8. The third-order valence-electron chi connectivity index (χ3n) is 2.25. The number of hydrazone groups is 1. The van der Waals surface area contributed by atoms with E-state index in [4.69, 9.17) is 5.73 Å². The summed E-state index contributed by atoms with van der Waals surface area (Å²) in [5, 5.41) is 4.05. The Labute approximate surface area is 102 Å². The van der Waals surface area contributed by atoms with Crippen molar-refractivity contribution in [3.63, 3.8) is 0 Å². The maximum absolute atomic E-state index is 11.4. The number of rotatable bonds is 4. The lowest BCUT2D eigenvalue weighted by Gasteiger charge is -2.05. The molecule has 0 aliphatic rings. The van der Waals surface area contributed by atoms with Gasteiger partial charge in [0.15, 0.2) is 0 Å². The minimum Gasteiger partial charge on any atom is -0.399 e. The van der Waals surface area contributed by atoms with Crippen LogP contribution in [0, 0.1) is 5.92 Å². The zero-order valence-corrected chi connectivity index (χ0v) is 10.5. The Hall–Kier alpha value is -1.84. The van der Waals surface area contributed by atoms with Crippen molar-refractivity contribution >= 4 is 17.3 Å². The molecule has 0 spiro atoms. The van der Waals surface area contributed by atoms with E-state index in [1.54, 1.807) is 0 Å². The van der Waals surface area contributed by atoms with E-state index in [0.29, 0.717) is 18.0 Å². The lowest BCUT2D eigenvalue weighted by molar-refractivity contribution is -0.121. The van der Waals surface area contributed by atoms with Crippen LogP contribution in [0.3, 0.4) is 0 Å². The number of anilines is 1. The monoisotopic (exact) mass is 233 g/mol. The Morgan fingerprint density at radius 2 is 2.18 bits per heavy atom. The fourth-order valence-electron chi connectivity index (χ4n) is 1.39. The third-order valence-corrected chi connectivity index (χ3v) is 2.25. The van der Waals surface area contributed by atoms with Crippen LogP contribution in [0.5, 0.6) is 0 Å². The van der Waals surface area contributed by atoms with Gasteiger partial charge in [-0.2, -0.15) is 5.10 Å². The van der Waals surface area contributed by atoms with E-state index in [2.05, 4.69) is 10.5 Å². The van der Waals surface area contributed by atoms with E-state index in [9.17, 15) is 4.79 Å². The normalized spacial score (nSPS) is 11.6. The fraction of sp³-hybridized carbons (Fsp3) is 0.385. The first-order valence-corrected chi connectivity index (χ1v) is 5.68. The number of nitrogen functional groups attached to an aromatic ring is 1. The number of benzene rings is 1. The summed E-state index contributed by atoms with van der Waals surface area (Å²) in [6, 6.07) is 7.41. The van der Waals surface area contributed by atoms with Crippen LogP contribution >= 0.6 is 0 Å². The molecule has 0 aliphatic carbocycles. The summed E-state index contributed by atoms with van der Waals surface area (Å²) < 4.78 is 0. The number of hydrogen-bond acceptors (Lipinski definition) is 3. The fourth-order valence-corrected chi connectivity index (χ4v) is 1.39. The number of carbonyl (C=O) groups is 1. The van der Waals surface area contributed by atoms with Crippen LogP contribution in [0.15, 0.2) is 29.4 Å². The van der Waals surface area contributed by atoms with Gasteiger partial charge in [0.25, 0.3) is 0 Å². The Balaban J connectivity index is 2.64.